The van der Waals surface area contributed by atoms with Crippen LogP contribution in [-0.4, -0.2) is 75.1 Å². The van der Waals surface area contributed by atoms with Crippen molar-refractivity contribution in [3.05, 3.63) is 59.2 Å². The maximum Gasteiger partial charge on any atom is 0.295 e. The van der Waals surface area contributed by atoms with Gasteiger partial charge in [0.05, 0.1) is 32.9 Å². The van der Waals surface area contributed by atoms with E-state index in [-0.39, 0.29) is 17.9 Å². The third-order valence-electron chi connectivity index (χ3n) is 5.40. The molecule has 0 radical (unpaired) electrons. The number of hydrogen-bond donors (Lipinski definition) is 1. The molecule has 1 saturated heterocycles. The highest BCUT2D eigenvalue weighted by molar-refractivity contribution is 6.46. The fraction of sp³-hybridized carbons (Fsp3) is 0.333. The number of benzene rings is 2. The molecule has 1 atom stereocenters. The summed E-state index contributed by atoms with van der Waals surface area (Å²) in [6, 6.07) is 11.0. The number of rotatable bonds is 8. The summed E-state index contributed by atoms with van der Waals surface area (Å²) in [6.45, 7) is 0.826. The number of likely N-dealkylation sites (tertiary alicyclic amines) is 1. The molecule has 3 rings (SSSR count). The van der Waals surface area contributed by atoms with Gasteiger partial charge in [-0.05, 0) is 44.4 Å². The van der Waals surface area contributed by atoms with Crippen molar-refractivity contribution < 1.29 is 28.9 Å². The van der Waals surface area contributed by atoms with Gasteiger partial charge in [0, 0.05) is 24.2 Å². The second-order valence-electron chi connectivity index (χ2n) is 7.64. The Morgan fingerprint density at radius 1 is 1.00 bits per heavy atom. The molecule has 0 aliphatic carbocycles. The van der Waals surface area contributed by atoms with Crippen LogP contribution in [0, 0.1) is 0 Å². The smallest absolute Gasteiger partial charge is 0.295 e. The Kier molecular flexibility index (Phi) is 7.05. The normalized spacial score (nSPS) is 17.7. The number of hydrogen-bond acceptors (Lipinski definition) is 7. The number of nitrogens with zero attached hydrogens (tertiary/aromatic N) is 2. The zero-order valence-electron chi connectivity index (χ0n) is 18.9. The van der Waals surface area contributed by atoms with Crippen LogP contribution in [0.5, 0.6) is 17.2 Å². The fourth-order valence-corrected chi connectivity index (χ4v) is 3.72. The van der Waals surface area contributed by atoms with Gasteiger partial charge in [0.1, 0.15) is 23.0 Å². The summed E-state index contributed by atoms with van der Waals surface area (Å²) in [6.07, 6.45) is 0. The monoisotopic (exact) mass is 440 g/mol. The molecule has 1 fully saturated rings. The van der Waals surface area contributed by atoms with Crippen LogP contribution in [0.3, 0.4) is 0 Å². The minimum Gasteiger partial charge on any atom is -0.507 e. The first kappa shape index (κ1) is 23.1. The number of Topliss-reactive ketones (excluding diaryl/α,β-unsaturated/α-hetero) is 1. The Morgan fingerprint density at radius 3 is 2.31 bits per heavy atom. The molecule has 1 aliphatic heterocycles. The molecule has 0 spiro atoms. The van der Waals surface area contributed by atoms with Crippen molar-refractivity contribution in [2.75, 3.05) is 48.5 Å². The zero-order valence-corrected chi connectivity index (χ0v) is 18.9. The van der Waals surface area contributed by atoms with E-state index in [1.165, 1.54) is 26.2 Å². The molecule has 32 heavy (non-hydrogen) atoms. The fourth-order valence-electron chi connectivity index (χ4n) is 3.72. The summed E-state index contributed by atoms with van der Waals surface area (Å²) in [4.78, 5) is 29.6. The van der Waals surface area contributed by atoms with Crippen molar-refractivity contribution >= 4 is 17.4 Å². The Hall–Kier alpha value is -3.52. The molecule has 1 aliphatic rings. The molecule has 170 valence electrons. The number of carbonyl (C=O) groups is 2. The third kappa shape index (κ3) is 4.40. The molecule has 0 saturated carbocycles. The molecular formula is C24H28N2O6. The second-order valence-corrected chi connectivity index (χ2v) is 7.64. The van der Waals surface area contributed by atoms with Gasteiger partial charge in [0.2, 0.25) is 0 Å². The summed E-state index contributed by atoms with van der Waals surface area (Å²) in [5, 5.41) is 11.2. The van der Waals surface area contributed by atoms with Crippen molar-refractivity contribution in [3.63, 3.8) is 0 Å². The van der Waals surface area contributed by atoms with E-state index in [1.54, 1.807) is 42.5 Å². The number of ketones is 1. The van der Waals surface area contributed by atoms with E-state index < -0.39 is 17.7 Å². The van der Waals surface area contributed by atoms with E-state index in [0.717, 1.165) is 0 Å². The lowest BCUT2D eigenvalue weighted by Crippen LogP contribution is -2.35. The Balaban J connectivity index is 2.24. The van der Waals surface area contributed by atoms with Gasteiger partial charge in [-0.25, -0.2) is 0 Å². The van der Waals surface area contributed by atoms with Crippen LogP contribution in [0.15, 0.2) is 48.0 Å². The molecule has 1 N–H and O–H groups in total. The van der Waals surface area contributed by atoms with Crippen molar-refractivity contribution in [2.45, 2.75) is 6.04 Å². The molecule has 0 bridgehead atoms. The molecule has 0 unspecified atom stereocenters. The van der Waals surface area contributed by atoms with Gasteiger partial charge in [-0.3, -0.25) is 9.59 Å². The number of aliphatic hydroxyl groups excluding tert-OH is 1. The maximum absolute atomic E-state index is 13.1. The quantitative estimate of drug-likeness (QED) is 0.384. The van der Waals surface area contributed by atoms with Crippen molar-refractivity contribution in [1.82, 2.24) is 9.80 Å². The first-order valence-electron chi connectivity index (χ1n) is 10.1. The van der Waals surface area contributed by atoms with Crippen LogP contribution in [0.2, 0.25) is 0 Å². The number of aliphatic hydroxyl groups is 1. The summed E-state index contributed by atoms with van der Waals surface area (Å²) < 4.78 is 16.1. The molecular weight excluding hydrogens is 412 g/mol. The van der Waals surface area contributed by atoms with Gasteiger partial charge in [-0.15, -0.1) is 0 Å². The minimum absolute atomic E-state index is 0.00596. The molecule has 1 amide bonds. The predicted octanol–water partition coefficient (Wildman–Crippen LogP) is 2.70. The molecule has 1 heterocycles. The van der Waals surface area contributed by atoms with E-state index in [2.05, 4.69) is 0 Å². The molecule has 0 aromatic heterocycles. The number of carbonyl (C=O) groups excluding carboxylic acids is 2. The topological polar surface area (TPSA) is 88.5 Å². The van der Waals surface area contributed by atoms with Gasteiger partial charge in [-0.2, -0.15) is 0 Å². The number of methoxy groups -OCH3 is 3. The summed E-state index contributed by atoms with van der Waals surface area (Å²) >= 11 is 0. The highest BCUT2D eigenvalue weighted by Gasteiger charge is 2.47. The van der Waals surface area contributed by atoms with Crippen LogP contribution in [0.25, 0.3) is 5.76 Å². The third-order valence-corrected chi connectivity index (χ3v) is 5.40. The van der Waals surface area contributed by atoms with Crippen LogP contribution in [0.4, 0.5) is 0 Å². The Morgan fingerprint density at radius 2 is 1.69 bits per heavy atom. The summed E-state index contributed by atoms with van der Waals surface area (Å²) in [5.74, 6) is -0.162. The first-order valence-corrected chi connectivity index (χ1v) is 10.1. The van der Waals surface area contributed by atoms with E-state index in [0.29, 0.717) is 34.9 Å². The predicted molar refractivity (Wildman–Crippen MR) is 120 cm³/mol. The van der Waals surface area contributed by atoms with E-state index >= 15 is 0 Å². The van der Waals surface area contributed by atoms with Crippen molar-refractivity contribution in [2.24, 2.45) is 0 Å². The SMILES string of the molecule is COc1cccc(C(O)=C2C(=O)C(=O)N(CCN(C)C)[C@@H]2c2cc(OC)ccc2OC)c1. The van der Waals surface area contributed by atoms with Gasteiger partial charge in [0.25, 0.3) is 11.7 Å². The highest BCUT2D eigenvalue weighted by Crippen LogP contribution is 2.43. The number of likely N-dealkylation sites (N-methyl/N-ethyl adjacent to an activating group) is 1. The Bertz CT molecular complexity index is 1050. The van der Waals surface area contributed by atoms with Crippen molar-refractivity contribution in [3.8, 4) is 17.2 Å². The highest BCUT2D eigenvalue weighted by atomic mass is 16.5. The lowest BCUT2D eigenvalue weighted by molar-refractivity contribution is -0.140. The van der Waals surface area contributed by atoms with Crippen LogP contribution >= 0.6 is 0 Å². The van der Waals surface area contributed by atoms with Gasteiger partial charge in [-0.1, -0.05) is 12.1 Å². The van der Waals surface area contributed by atoms with Gasteiger partial charge in [0.15, 0.2) is 0 Å². The summed E-state index contributed by atoms with van der Waals surface area (Å²) in [5.41, 5.74) is 0.921. The largest absolute Gasteiger partial charge is 0.507 e. The summed E-state index contributed by atoms with van der Waals surface area (Å²) in [7, 11) is 8.33. The average molecular weight is 440 g/mol. The molecule has 8 heteroatoms. The molecule has 2 aromatic carbocycles. The van der Waals surface area contributed by atoms with Crippen molar-refractivity contribution in [1.29, 1.82) is 0 Å². The van der Waals surface area contributed by atoms with Gasteiger partial charge < -0.3 is 29.1 Å². The lowest BCUT2D eigenvalue weighted by Gasteiger charge is -2.28. The van der Waals surface area contributed by atoms with Crippen LogP contribution < -0.4 is 14.2 Å². The van der Waals surface area contributed by atoms with E-state index in [9.17, 15) is 14.7 Å². The van der Waals surface area contributed by atoms with E-state index in [1.807, 2.05) is 19.0 Å². The van der Waals surface area contributed by atoms with Crippen LogP contribution in [-0.2, 0) is 9.59 Å². The standard InChI is InChI=1S/C24H28N2O6/c1-25(2)11-12-26-21(18-14-17(31-4)9-10-19(18)32-5)20(23(28)24(26)29)22(27)15-7-6-8-16(13-15)30-3/h6-10,13-14,21,27H,11-12H2,1-5H3/t21-/m1/s1. The zero-order chi connectivity index (χ0) is 23.4. The second kappa shape index (κ2) is 9.74. The average Bonchev–Trinajstić information content (AvgIpc) is 3.06. The lowest BCUT2D eigenvalue weighted by atomic mass is 9.94. The number of amides is 1. The minimum atomic E-state index is -0.841. The number of ether oxygens (including phenoxy) is 3. The molecule has 2 aromatic rings. The van der Waals surface area contributed by atoms with E-state index in [4.69, 9.17) is 14.2 Å². The first-order chi connectivity index (χ1) is 15.3. The Labute approximate surface area is 187 Å². The maximum atomic E-state index is 13.1. The van der Waals surface area contributed by atoms with Gasteiger partial charge >= 0.3 is 0 Å². The van der Waals surface area contributed by atoms with Crippen LogP contribution in [0.1, 0.15) is 17.2 Å². The molecule has 8 nitrogen and oxygen atoms in total.